The van der Waals surface area contributed by atoms with Crippen LogP contribution in [0.5, 0.6) is 0 Å². The van der Waals surface area contributed by atoms with E-state index >= 15 is 0 Å². The van der Waals surface area contributed by atoms with Gasteiger partial charge in [0.25, 0.3) is 0 Å². The monoisotopic (exact) mass is 269 g/mol. The molecule has 0 unspecified atom stereocenters. The largest absolute Gasteiger partial charge is 0.394 e. The van der Waals surface area contributed by atoms with Crippen LogP contribution in [0.4, 0.5) is 0 Å². The van der Waals surface area contributed by atoms with Gasteiger partial charge in [0.2, 0.25) is 0 Å². The number of benzene rings is 2. The van der Waals surface area contributed by atoms with Gasteiger partial charge in [-0.15, -0.1) is 0 Å². The average molecular weight is 269 g/mol. The van der Waals surface area contributed by atoms with Gasteiger partial charge in [0.15, 0.2) is 0 Å². The standard InChI is InChI=1S/C17H19NO2/c19-11-16(12-6-2-1-3-7-12)18-15-10-13-8-4-5-9-14(13)17(15)20/h1-9,15-20H,10-11H2/t15-,16+,17-/m1/s1. The Hall–Kier alpha value is -1.68. The van der Waals surface area contributed by atoms with Gasteiger partial charge in [0, 0.05) is 6.04 Å². The lowest BCUT2D eigenvalue weighted by Crippen LogP contribution is -2.37. The van der Waals surface area contributed by atoms with E-state index in [1.807, 2.05) is 48.5 Å². The Morgan fingerprint density at radius 2 is 1.75 bits per heavy atom. The van der Waals surface area contributed by atoms with Crippen LogP contribution in [0.25, 0.3) is 0 Å². The van der Waals surface area contributed by atoms with Crippen molar-refractivity contribution in [1.29, 1.82) is 0 Å². The van der Waals surface area contributed by atoms with Crippen LogP contribution >= 0.6 is 0 Å². The fraction of sp³-hybridized carbons (Fsp3) is 0.294. The van der Waals surface area contributed by atoms with E-state index in [1.165, 1.54) is 5.56 Å². The van der Waals surface area contributed by atoms with E-state index in [-0.39, 0.29) is 18.7 Å². The molecule has 3 nitrogen and oxygen atoms in total. The van der Waals surface area contributed by atoms with Gasteiger partial charge in [0.1, 0.15) is 0 Å². The van der Waals surface area contributed by atoms with Crippen molar-refractivity contribution in [2.24, 2.45) is 0 Å². The number of aliphatic hydroxyl groups excluding tert-OH is 2. The molecule has 0 aliphatic heterocycles. The molecule has 1 aliphatic carbocycles. The van der Waals surface area contributed by atoms with Gasteiger partial charge >= 0.3 is 0 Å². The maximum absolute atomic E-state index is 10.4. The molecule has 0 bridgehead atoms. The summed E-state index contributed by atoms with van der Waals surface area (Å²) >= 11 is 0. The fourth-order valence-corrected chi connectivity index (χ4v) is 2.92. The summed E-state index contributed by atoms with van der Waals surface area (Å²) in [5, 5.41) is 23.4. The number of fused-ring (bicyclic) bond motifs is 1. The highest BCUT2D eigenvalue weighted by atomic mass is 16.3. The minimum absolute atomic E-state index is 0.0174. The third kappa shape index (κ3) is 2.48. The topological polar surface area (TPSA) is 52.5 Å². The molecule has 2 aromatic carbocycles. The molecule has 3 N–H and O–H groups in total. The zero-order valence-corrected chi connectivity index (χ0v) is 11.2. The summed E-state index contributed by atoms with van der Waals surface area (Å²) in [7, 11) is 0. The molecule has 0 heterocycles. The smallest absolute Gasteiger partial charge is 0.0949 e. The van der Waals surface area contributed by atoms with Gasteiger partial charge in [-0.25, -0.2) is 0 Å². The molecule has 0 amide bonds. The molecule has 3 heteroatoms. The minimum atomic E-state index is -0.510. The molecular formula is C17H19NO2. The van der Waals surface area contributed by atoms with Crippen LogP contribution in [0, 0.1) is 0 Å². The summed E-state index contributed by atoms with van der Waals surface area (Å²) in [5.41, 5.74) is 3.22. The molecule has 0 aromatic heterocycles. The summed E-state index contributed by atoms with van der Waals surface area (Å²) < 4.78 is 0. The highest BCUT2D eigenvalue weighted by Gasteiger charge is 2.32. The molecule has 3 rings (SSSR count). The summed E-state index contributed by atoms with van der Waals surface area (Å²) in [4.78, 5) is 0. The van der Waals surface area contributed by atoms with Crippen LogP contribution in [-0.4, -0.2) is 22.9 Å². The average Bonchev–Trinajstić information content (AvgIpc) is 2.82. The van der Waals surface area contributed by atoms with Crippen LogP contribution in [0.3, 0.4) is 0 Å². The first kappa shape index (κ1) is 13.3. The summed E-state index contributed by atoms with van der Waals surface area (Å²) in [6, 6.07) is 17.6. The lowest BCUT2D eigenvalue weighted by molar-refractivity contribution is 0.124. The highest BCUT2D eigenvalue weighted by molar-refractivity contribution is 5.36. The highest BCUT2D eigenvalue weighted by Crippen LogP contribution is 2.32. The SMILES string of the molecule is OC[C@H](N[C@@H]1Cc2ccccc2[C@H]1O)c1ccccc1. The first-order chi connectivity index (χ1) is 9.79. The number of hydrogen-bond donors (Lipinski definition) is 3. The molecule has 2 aromatic rings. The zero-order chi connectivity index (χ0) is 13.9. The maximum atomic E-state index is 10.4. The van der Waals surface area contributed by atoms with E-state index in [0.717, 1.165) is 17.5 Å². The van der Waals surface area contributed by atoms with Gasteiger partial charge in [-0.1, -0.05) is 54.6 Å². The number of rotatable bonds is 4. The lowest BCUT2D eigenvalue weighted by atomic mass is 10.0. The van der Waals surface area contributed by atoms with Crippen molar-refractivity contribution < 1.29 is 10.2 Å². The Kier molecular flexibility index (Phi) is 3.83. The van der Waals surface area contributed by atoms with Crippen LogP contribution < -0.4 is 5.32 Å². The zero-order valence-electron chi connectivity index (χ0n) is 11.2. The predicted octanol–water partition coefficient (Wildman–Crippen LogP) is 1.97. The minimum Gasteiger partial charge on any atom is -0.394 e. The summed E-state index contributed by atoms with van der Waals surface area (Å²) in [6.45, 7) is 0.0174. The Morgan fingerprint density at radius 1 is 1.05 bits per heavy atom. The maximum Gasteiger partial charge on any atom is 0.0949 e. The second-order valence-corrected chi connectivity index (χ2v) is 5.27. The summed E-state index contributed by atoms with van der Waals surface area (Å²) in [5.74, 6) is 0. The molecule has 1 aliphatic rings. The Labute approximate surface area is 118 Å². The van der Waals surface area contributed by atoms with E-state index in [9.17, 15) is 10.2 Å². The van der Waals surface area contributed by atoms with E-state index in [4.69, 9.17) is 0 Å². The van der Waals surface area contributed by atoms with Crippen molar-refractivity contribution in [3.8, 4) is 0 Å². The molecule has 0 saturated carbocycles. The third-order valence-electron chi connectivity index (χ3n) is 3.99. The van der Waals surface area contributed by atoms with E-state index < -0.39 is 6.10 Å². The molecule has 20 heavy (non-hydrogen) atoms. The van der Waals surface area contributed by atoms with Crippen molar-refractivity contribution in [1.82, 2.24) is 5.32 Å². The first-order valence-electron chi connectivity index (χ1n) is 6.97. The second kappa shape index (κ2) is 5.75. The van der Waals surface area contributed by atoms with Crippen LogP contribution in [0.1, 0.15) is 28.8 Å². The Morgan fingerprint density at radius 3 is 2.45 bits per heavy atom. The van der Waals surface area contributed by atoms with Gasteiger partial charge in [-0.2, -0.15) is 0 Å². The number of hydrogen-bond acceptors (Lipinski definition) is 3. The molecule has 0 saturated heterocycles. The fourth-order valence-electron chi connectivity index (χ4n) is 2.92. The van der Waals surface area contributed by atoms with Gasteiger partial charge < -0.3 is 15.5 Å². The Balaban J connectivity index is 1.76. The van der Waals surface area contributed by atoms with E-state index in [0.29, 0.717) is 0 Å². The van der Waals surface area contributed by atoms with E-state index in [1.54, 1.807) is 0 Å². The van der Waals surface area contributed by atoms with Crippen molar-refractivity contribution in [2.45, 2.75) is 24.6 Å². The summed E-state index contributed by atoms with van der Waals surface area (Å²) in [6.07, 6.45) is 0.282. The Bertz CT molecular complexity index is 570. The van der Waals surface area contributed by atoms with Crippen molar-refractivity contribution in [3.63, 3.8) is 0 Å². The van der Waals surface area contributed by atoms with Crippen molar-refractivity contribution in [3.05, 3.63) is 71.3 Å². The van der Waals surface area contributed by atoms with Gasteiger partial charge in [0.05, 0.1) is 18.8 Å². The van der Waals surface area contributed by atoms with E-state index in [2.05, 4.69) is 11.4 Å². The lowest BCUT2D eigenvalue weighted by Gasteiger charge is -2.24. The van der Waals surface area contributed by atoms with Crippen LogP contribution in [-0.2, 0) is 6.42 Å². The molecule has 0 spiro atoms. The molecular weight excluding hydrogens is 250 g/mol. The molecule has 3 atom stereocenters. The van der Waals surface area contributed by atoms with Gasteiger partial charge in [-0.05, 0) is 23.1 Å². The second-order valence-electron chi connectivity index (χ2n) is 5.27. The first-order valence-corrected chi connectivity index (χ1v) is 6.97. The van der Waals surface area contributed by atoms with Gasteiger partial charge in [-0.3, -0.25) is 0 Å². The normalized spacial score (nSPS) is 22.5. The number of nitrogens with one attached hydrogen (secondary N) is 1. The molecule has 0 radical (unpaired) electrons. The number of aliphatic hydroxyl groups is 2. The van der Waals surface area contributed by atoms with Crippen LogP contribution in [0.15, 0.2) is 54.6 Å². The molecule has 0 fully saturated rings. The predicted molar refractivity (Wildman–Crippen MR) is 78.3 cm³/mol. The van der Waals surface area contributed by atoms with Crippen molar-refractivity contribution in [2.75, 3.05) is 6.61 Å². The third-order valence-corrected chi connectivity index (χ3v) is 3.99. The van der Waals surface area contributed by atoms with Crippen LogP contribution in [0.2, 0.25) is 0 Å². The quantitative estimate of drug-likeness (QED) is 0.795. The van der Waals surface area contributed by atoms with Crippen molar-refractivity contribution >= 4 is 0 Å². The molecule has 104 valence electrons.